The van der Waals surface area contributed by atoms with Gasteiger partial charge in [0.05, 0.1) is 5.69 Å². The zero-order chi connectivity index (χ0) is 12.5. The Balaban J connectivity index is 2.56. The van der Waals surface area contributed by atoms with Crippen molar-refractivity contribution >= 4 is 0 Å². The van der Waals surface area contributed by atoms with E-state index in [9.17, 15) is 0 Å². The Hall–Kier alpha value is -0.930. The van der Waals surface area contributed by atoms with Crippen molar-refractivity contribution < 1.29 is 0 Å². The number of rotatable bonds is 8. The maximum Gasteiger partial charge on any atom is 0.0544 e. The normalized spacial score (nSPS) is 12.9. The van der Waals surface area contributed by atoms with Gasteiger partial charge in [0.25, 0.3) is 0 Å². The van der Waals surface area contributed by atoms with Gasteiger partial charge in [-0.1, -0.05) is 26.8 Å². The van der Waals surface area contributed by atoms with Crippen LogP contribution in [0.1, 0.15) is 32.9 Å². The summed E-state index contributed by atoms with van der Waals surface area (Å²) in [5.41, 5.74) is 1.16. The number of hydrogen-bond donors (Lipinski definition) is 1. The minimum atomic E-state index is 0.599. The summed E-state index contributed by atoms with van der Waals surface area (Å²) in [7, 11) is 0. The molecule has 1 unspecified atom stereocenters. The van der Waals surface area contributed by atoms with E-state index in [0.29, 0.717) is 6.04 Å². The topological polar surface area (TPSA) is 28.2 Å². The van der Waals surface area contributed by atoms with Gasteiger partial charge in [-0.2, -0.15) is 0 Å². The predicted molar refractivity (Wildman–Crippen MR) is 72.9 cm³/mol. The molecule has 96 valence electrons. The van der Waals surface area contributed by atoms with Crippen LogP contribution in [0.15, 0.2) is 24.4 Å². The van der Waals surface area contributed by atoms with Crippen molar-refractivity contribution in [1.82, 2.24) is 15.2 Å². The molecule has 0 aromatic carbocycles. The van der Waals surface area contributed by atoms with E-state index in [-0.39, 0.29) is 0 Å². The van der Waals surface area contributed by atoms with Crippen LogP contribution >= 0.6 is 0 Å². The van der Waals surface area contributed by atoms with Gasteiger partial charge >= 0.3 is 0 Å². The summed E-state index contributed by atoms with van der Waals surface area (Å²) in [6.45, 7) is 10.7. The molecular weight excluding hydrogens is 210 g/mol. The minimum Gasteiger partial charge on any atom is -0.315 e. The molecule has 1 rings (SSSR count). The van der Waals surface area contributed by atoms with E-state index >= 15 is 0 Å². The van der Waals surface area contributed by atoms with Crippen molar-refractivity contribution in [3.8, 4) is 0 Å². The highest BCUT2D eigenvalue weighted by Crippen LogP contribution is 2.08. The first-order valence-electron chi connectivity index (χ1n) is 6.66. The summed E-state index contributed by atoms with van der Waals surface area (Å²) in [6, 6.07) is 6.72. The molecule has 0 amide bonds. The number of nitrogens with zero attached hydrogens (tertiary/aromatic N) is 2. The number of aromatic nitrogens is 1. The van der Waals surface area contributed by atoms with Crippen molar-refractivity contribution in [1.29, 1.82) is 0 Å². The Morgan fingerprint density at radius 1 is 1.29 bits per heavy atom. The first-order chi connectivity index (χ1) is 8.31. The predicted octanol–water partition coefficient (Wildman–Crippen LogP) is 2.29. The van der Waals surface area contributed by atoms with Gasteiger partial charge in [0, 0.05) is 25.3 Å². The summed E-state index contributed by atoms with van der Waals surface area (Å²) in [5.74, 6) is 0. The number of hydrogen-bond acceptors (Lipinski definition) is 3. The molecule has 0 bridgehead atoms. The molecule has 0 saturated heterocycles. The van der Waals surface area contributed by atoms with Crippen LogP contribution in [-0.2, 0) is 6.54 Å². The highest BCUT2D eigenvalue weighted by atomic mass is 15.2. The molecular formula is C14H25N3. The van der Waals surface area contributed by atoms with Gasteiger partial charge < -0.3 is 5.32 Å². The highest BCUT2D eigenvalue weighted by Gasteiger charge is 2.15. The standard InChI is InChI=1S/C14H25N3/c1-4-14(11-15-5-2)17(6-3)12-13-9-7-8-10-16-13/h7-10,14-15H,4-6,11-12H2,1-3H3. The molecule has 0 radical (unpaired) electrons. The Morgan fingerprint density at radius 3 is 2.65 bits per heavy atom. The summed E-state index contributed by atoms with van der Waals surface area (Å²) >= 11 is 0. The van der Waals surface area contributed by atoms with Gasteiger partial charge in [0.1, 0.15) is 0 Å². The van der Waals surface area contributed by atoms with Gasteiger partial charge in [0.2, 0.25) is 0 Å². The molecule has 0 fully saturated rings. The van der Waals surface area contributed by atoms with Crippen molar-refractivity contribution in [3.63, 3.8) is 0 Å². The maximum atomic E-state index is 4.40. The largest absolute Gasteiger partial charge is 0.315 e. The molecule has 0 aliphatic heterocycles. The second-order valence-electron chi connectivity index (χ2n) is 4.25. The molecule has 3 nitrogen and oxygen atoms in total. The van der Waals surface area contributed by atoms with Gasteiger partial charge in [0.15, 0.2) is 0 Å². The van der Waals surface area contributed by atoms with Gasteiger partial charge in [-0.15, -0.1) is 0 Å². The maximum absolute atomic E-state index is 4.40. The molecule has 0 aliphatic carbocycles. The molecule has 3 heteroatoms. The van der Waals surface area contributed by atoms with Crippen LogP contribution < -0.4 is 5.32 Å². The van der Waals surface area contributed by atoms with Crippen LogP contribution in [0, 0.1) is 0 Å². The Morgan fingerprint density at radius 2 is 2.12 bits per heavy atom. The first-order valence-corrected chi connectivity index (χ1v) is 6.66. The van der Waals surface area contributed by atoms with E-state index < -0.39 is 0 Å². The van der Waals surface area contributed by atoms with E-state index in [1.807, 2.05) is 12.3 Å². The molecule has 1 aromatic heterocycles. The molecule has 1 N–H and O–H groups in total. The van der Waals surface area contributed by atoms with Gasteiger partial charge in [-0.05, 0) is 31.6 Å². The first kappa shape index (κ1) is 14.1. The number of likely N-dealkylation sites (N-methyl/N-ethyl adjacent to an activating group) is 2. The average Bonchev–Trinajstić information content (AvgIpc) is 2.39. The van der Waals surface area contributed by atoms with Crippen LogP contribution in [-0.4, -0.2) is 35.6 Å². The molecule has 1 heterocycles. The van der Waals surface area contributed by atoms with Gasteiger partial charge in [-0.25, -0.2) is 0 Å². The van der Waals surface area contributed by atoms with Crippen LogP contribution in [0.4, 0.5) is 0 Å². The third kappa shape index (κ3) is 4.84. The Labute approximate surface area is 105 Å². The minimum absolute atomic E-state index is 0.599. The van der Waals surface area contributed by atoms with Crippen LogP contribution in [0.3, 0.4) is 0 Å². The third-order valence-electron chi connectivity index (χ3n) is 3.12. The van der Waals surface area contributed by atoms with E-state index in [1.54, 1.807) is 0 Å². The van der Waals surface area contributed by atoms with E-state index in [2.05, 4.69) is 48.1 Å². The lowest BCUT2D eigenvalue weighted by Gasteiger charge is -2.29. The fraction of sp³-hybridized carbons (Fsp3) is 0.643. The number of nitrogens with one attached hydrogen (secondary N) is 1. The second kappa shape index (κ2) is 8.20. The fourth-order valence-electron chi connectivity index (χ4n) is 2.04. The molecule has 0 spiro atoms. The summed E-state index contributed by atoms with van der Waals surface area (Å²) < 4.78 is 0. The van der Waals surface area contributed by atoms with Crippen molar-refractivity contribution in [3.05, 3.63) is 30.1 Å². The smallest absolute Gasteiger partial charge is 0.0544 e. The molecule has 0 saturated carbocycles. The zero-order valence-electron chi connectivity index (χ0n) is 11.3. The van der Waals surface area contributed by atoms with E-state index in [4.69, 9.17) is 0 Å². The molecule has 0 aliphatic rings. The number of pyridine rings is 1. The fourth-order valence-corrected chi connectivity index (χ4v) is 2.04. The second-order valence-corrected chi connectivity index (χ2v) is 4.25. The molecule has 1 atom stereocenters. The zero-order valence-corrected chi connectivity index (χ0v) is 11.3. The summed E-state index contributed by atoms with van der Waals surface area (Å²) in [5, 5.41) is 3.44. The van der Waals surface area contributed by atoms with Crippen LogP contribution in [0.2, 0.25) is 0 Å². The van der Waals surface area contributed by atoms with Crippen LogP contribution in [0.25, 0.3) is 0 Å². The van der Waals surface area contributed by atoms with Crippen LogP contribution in [0.5, 0.6) is 0 Å². The monoisotopic (exact) mass is 235 g/mol. The quantitative estimate of drug-likeness (QED) is 0.749. The average molecular weight is 235 g/mol. The Bertz CT molecular complexity index is 287. The Kier molecular flexibility index (Phi) is 6.82. The highest BCUT2D eigenvalue weighted by molar-refractivity contribution is 5.03. The SMILES string of the molecule is CCNCC(CC)N(CC)Cc1ccccn1. The van der Waals surface area contributed by atoms with Gasteiger partial charge in [-0.3, -0.25) is 9.88 Å². The lowest BCUT2D eigenvalue weighted by molar-refractivity contribution is 0.186. The summed E-state index contributed by atoms with van der Waals surface area (Å²) in [6.07, 6.45) is 3.04. The van der Waals surface area contributed by atoms with E-state index in [1.165, 1.54) is 6.42 Å². The lowest BCUT2D eigenvalue weighted by Crippen LogP contribution is -2.41. The van der Waals surface area contributed by atoms with Crippen molar-refractivity contribution in [2.45, 2.75) is 39.8 Å². The summed E-state index contributed by atoms with van der Waals surface area (Å²) in [4.78, 5) is 6.89. The lowest BCUT2D eigenvalue weighted by atomic mass is 10.1. The third-order valence-corrected chi connectivity index (χ3v) is 3.12. The van der Waals surface area contributed by atoms with Crippen molar-refractivity contribution in [2.75, 3.05) is 19.6 Å². The molecule has 17 heavy (non-hydrogen) atoms. The van der Waals surface area contributed by atoms with Crippen molar-refractivity contribution in [2.24, 2.45) is 0 Å². The molecule has 1 aromatic rings. The van der Waals surface area contributed by atoms with E-state index in [0.717, 1.165) is 31.9 Å².